The van der Waals surface area contributed by atoms with Crippen LogP contribution in [0.4, 0.5) is 5.69 Å². The van der Waals surface area contributed by atoms with Gasteiger partial charge in [-0.25, -0.2) is 4.90 Å². The summed E-state index contributed by atoms with van der Waals surface area (Å²) >= 11 is 3.40. The first kappa shape index (κ1) is 25.5. The minimum absolute atomic E-state index is 0.193. The number of carbonyl (C=O) groups is 4. The van der Waals surface area contributed by atoms with E-state index in [-0.39, 0.29) is 11.6 Å². The molecule has 4 heterocycles. The van der Waals surface area contributed by atoms with Crippen LogP contribution in [0.1, 0.15) is 20.7 Å². The Morgan fingerprint density at radius 3 is 2.27 bits per heavy atom. The van der Waals surface area contributed by atoms with Crippen molar-refractivity contribution >= 4 is 45.0 Å². The molecule has 7 rings (SSSR count). The normalized spacial score (nSPS) is 24.2. The molecule has 2 saturated heterocycles. The zero-order valence-corrected chi connectivity index (χ0v) is 23.2. The van der Waals surface area contributed by atoms with Gasteiger partial charge in [0.1, 0.15) is 19.3 Å². The van der Waals surface area contributed by atoms with Crippen LogP contribution in [-0.2, 0) is 9.59 Å². The molecular weight excluding hydrogens is 588 g/mol. The van der Waals surface area contributed by atoms with Crippen LogP contribution in [0.3, 0.4) is 0 Å². The lowest BCUT2D eigenvalue weighted by Crippen LogP contribution is -2.46. The number of Topliss-reactive ketones (excluding diaryl/α,β-unsaturated/α-hetero) is 2. The molecule has 0 aromatic heterocycles. The molecule has 0 unspecified atom stereocenters. The molecule has 0 bridgehead atoms. The van der Waals surface area contributed by atoms with Crippen molar-refractivity contribution in [1.29, 1.82) is 0 Å². The molecule has 0 spiro atoms. The number of halogens is 1. The topological polar surface area (TPSA) is 93.2 Å². The molecule has 41 heavy (non-hydrogen) atoms. The number of hydrogen-bond donors (Lipinski definition) is 0. The third-order valence-electron chi connectivity index (χ3n) is 8.03. The van der Waals surface area contributed by atoms with E-state index in [4.69, 9.17) is 9.47 Å². The van der Waals surface area contributed by atoms with Crippen LogP contribution < -0.4 is 14.4 Å². The van der Waals surface area contributed by atoms with E-state index < -0.39 is 35.7 Å². The SMILES string of the molecule is O=C(C1=C[C@@H]2[C@@H]3C(=O)N(c4ccc5c(c4)OCCO5)C(=O)[C@@H]3[C@H](C(=O)c3ccc(Br)cc3)N2C=C1)c1ccccc1. The number of ether oxygens (including phenoxy) is 2. The highest BCUT2D eigenvalue weighted by molar-refractivity contribution is 9.10. The van der Waals surface area contributed by atoms with Crippen LogP contribution in [0, 0.1) is 11.8 Å². The summed E-state index contributed by atoms with van der Waals surface area (Å²) in [5.74, 6) is -2.15. The smallest absolute Gasteiger partial charge is 0.240 e. The van der Waals surface area contributed by atoms with E-state index in [1.54, 1.807) is 90.0 Å². The summed E-state index contributed by atoms with van der Waals surface area (Å²) in [6.07, 6.45) is 5.05. The molecular formula is C32H23BrN2O6. The number of anilines is 1. The van der Waals surface area contributed by atoms with Gasteiger partial charge >= 0.3 is 0 Å². The van der Waals surface area contributed by atoms with Crippen molar-refractivity contribution in [1.82, 2.24) is 4.90 Å². The van der Waals surface area contributed by atoms with Crippen molar-refractivity contribution in [3.63, 3.8) is 0 Å². The average Bonchev–Trinajstić information content (AvgIpc) is 3.48. The number of nitrogens with zero attached hydrogens (tertiary/aromatic N) is 2. The lowest BCUT2D eigenvalue weighted by atomic mass is 9.85. The number of fused-ring (bicyclic) bond motifs is 4. The molecule has 0 aliphatic carbocycles. The fourth-order valence-electron chi connectivity index (χ4n) is 6.16. The first-order valence-electron chi connectivity index (χ1n) is 13.3. The van der Waals surface area contributed by atoms with Crippen LogP contribution in [0.15, 0.2) is 101 Å². The molecule has 4 atom stereocenters. The lowest BCUT2D eigenvalue weighted by molar-refractivity contribution is -0.123. The van der Waals surface area contributed by atoms with Crippen LogP contribution in [0.25, 0.3) is 0 Å². The van der Waals surface area contributed by atoms with Gasteiger partial charge in [0.15, 0.2) is 23.1 Å². The number of allylic oxidation sites excluding steroid dienone is 2. The molecule has 3 aromatic carbocycles. The third-order valence-corrected chi connectivity index (χ3v) is 8.56. The number of hydrogen-bond acceptors (Lipinski definition) is 7. The average molecular weight is 611 g/mol. The van der Waals surface area contributed by atoms with E-state index in [0.29, 0.717) is 47.1 Å². The number of ketones is 2. The summed E-state index contributed by atoms with van der Waals surface area (Å²) < 4.78 is 12.1. The standard InChI is InChI=1S/C32H23BrN2O6/c33-21-8-6-19(7-9-21)30(37)28-27-26(23-16-20(12-13-34(23)28)29(36)18-4-2-1-3-5-18)31(38)35(32(27)39)22-10-11-24-25(17-22)41-15-14-40-24/h1-13,16-17,23,26-28H,14-15H2/t23-,26+,27+,28-/m1/s1. The van der Waals surface area contributed by atoms with Crippen LogP contribution in [0.5, 0.6) is 11.5 Å². The molecule has 9 heteroatoms. The molecule has 0 radical (unpaired) electrons. The van der Waals surface area contributed by atoms with E-state index >= 15 is 0 Å². The predicted octanol–water partition coefficient (Wildman–Crippen LogP) is 4.60. The zero-order valence-electron chi connectivity index (χ0n) is 21.6. The van der Waals surface area contributed by atoms with Gasteiger partial charge in [0.25, 0.3) is 0 Å². The molecule has 2 amide bonds. The fraction of sp³-hybridized carbons (Fsp3) is 0.188. The second-order valence-electron chi connectivity index (χ2n) is 10.3. The number of carbonyl (C=O) groups excluding carboxylic acids is 4. The molecule has 204 valence electrons. The maximum absolute atomic E-state index is 14.1. The highest BCUT2D eigenvalue weighted by Gasteiger charge is 2.63. The number of rotatable bonds is 5. The Morgan fingerprint density at radius 1 is 0.805 bits per heavy atom. The number of imide groups is 1. The highest BCUT2D eigenvalue weighted by atomic mass is 79.9. The molecule has 3 aromatic rings. The maximum Gasteiger partial charge on any atom is 0.240 e. The molecule has 4 aliphatic rings. The van der Waals surface area contributed by atoms with Gasteiger partial charge < -0.3 is 14.4 Å². The minimum Gasteiger partial charge on any atom is -0.486 e. The Morgan fingerprint density at radius 2 is 1.51 bits per heavy atom. The van der Waals surface area contributed by atoms with Crippen LogP contribution in [-0.4, -0.2) is 53.6 Å². The quantitative estimate of drug-likeness (QED) is 0.308. The Hall–Kier alpha value is -4.50. The van der Waals surface area contributed by atoms with Crippen LogP contribution in [0.2, 0.25) is 0 Å². The summed E-state index contributed by atoms with van der Waals surface area (Å²) in [6.45, 7) is 0.777. The van der Waals surface area contributed by atoms with Gasteiger partial charge in [0.2, 0.25) is 11.8 Å². The van der Waals surface area contributed by atoms with Gasteiger partial charge in [-0.2, -0.15) is 0 Å². The number of benzene rings is 3. The highest BCUT2D eigenvalue weighted by Crippen LogP contribution is 2.48. The molecule has 8 nitrogen and oxygen atoms in total. The monoisotopic (exact) mass is 610 g/mol. The second-order valence-corrected chi connectivity index (χ2v) is 11.2. The summed E-state index contributed by atoms with van der Waals surface area (Å²) in [5.41, 5.74) is 1.71. The summed E-state index contributed by atoms with van der Waals surface area (Å²) in [6, 6.07) is 19.2. The lowest BCUT2D eigenvalue weighted by Gasteiger charge is -2.33. The Kier molecular flexibility index (Phi) is 6.12. The molecule has 0 saturated carbocycles. The van der Waals surface area contributed by atoms with Crippen molar-refractivity contribution in [3.8, 4) is 11.5 Å². The minimum atomic E-state index is -0.941. The maximum atomic E-state index is 14.1. The third kappa shape index (κ3) is 4.11. The summed E-state index contributed by atoms with van der Waals surface area (Å²) in [5, 5.41) is 0. The van der Waals surface area contributed by atoms with Gasteiger partial charge in [-0.3, -0.25) is 19.2 Å². The van der Waals surface area contributed by atoms with E-state index in [1.807, 2.05) is 6.07 Å². The van der Waals surface area contributed by atoms with E-state index in [2.05, 4.69) is 15.9 Å². The van der Waals surface area contributed by atoms with Gasteiger partial charge in [-0.1, -0.05) is 64.5 Å². The van der Waals surface area contributed by atoms with E-state index in [9.17, 15) is 19.2 Å². The second kappa shape index (κ2) is 9.85. The molecule has 0 N–H and O–H groups in total. The molecule has 4 aliphatic heterocycles. The first-order chi connectivity index (χ1) is 19.9. The number of amides is 2. The van der Waals surface area contributed by atoms with Gasteiger partial charge in [-0.15, -0.1) is 0 Å². The summed E-state index contributed by atoms with van der Waals surface area (Å²) in [4.78, 5) is 58.4. The Bertz CT molecular complexity index is 1670. The first-order valence-corrected chi connectivity index (χ1v) is 14.1. The van der Waals surface area contributed by atoms with Crippen molar-refractivity contribution in [2.45, 2.75) is 12.1 Å². The zero-order chi connectivity index (χ0) is 28.2. The largest absolute Gasteiger partial charge is 0.486 e. The predicted molar refractivity (Wildman–Crippen MR) is 153 cm³/mol. The van der Waals surface area contributed by atoms with Gasteiger partial charge in [0, 0.05) is 33.4 Å². The van der Waals surface area contributed by atoms with Gasteiger partial charge in [0.05, 0.1) is 23.6 Å². The summed E-state index contributed by atoms with van der Waals surface area (Å²) in [7, 11) is 0. The van der Waals surface area contributed by atoms with Crippen LogP contribution >= 0.6 is 15.9 Å². The van der Waals surface area contributed by atoms with Crippen molar-refractivity contribution < 1.29 is 28.7 Å². The van der Waals surface area contributed by atoms with E-state index in [0.717, 1.165) is 9.37 Å². The van der Waals surface area contributed by atoms with Gasteiger partial charge in [-0.05, 0) is 30.3 Å². The van der Waals surface area contributed by atoms with Crippen molar-refractivity contribution in [3.05, 3.63) is 112 Å². The molecule has 2 fully saturated rings. The van der Waals surface area contributed by atoms with Crippen molar-refractivity contribution in [2.24, 2.45) is 11.8 Å². The Balaban J connectivity index is 1.30. The van der Waals surface area contributed by atoms with Crippen molar-refractivity contribution in [2.75, 3.05) is 18.1 Å². The van der Waals surface area contributed by atoms with E-state index in [1.165, 1.54) is 0 Å². The fourth-order valence-corrected chi connectivity index (χ4v) is 6.43. The Labute approximate surface area is 244 Å².